The summed E-state index contributed by atoms with van der Waals surface area (Å²) in [5.41, 5.74) is 1.93. The molecular formula is C26H35N3O4. The van der Waals surface area contributed by atoms with Crippen LogP contribution in [0.1, 0.15) is 78.5 Å². The normalized spacial score (nSPS) is 24.4. The highest BCUT2D eigenvalue weighted by Crippen LogP contribution is 2.35. The average Bonchev–Trinajstić information content (AvgIpc) is 3.46. The number of hydrogen-bond donors (Lipinski definition) is 1. The van der Waals surface area contributed by atoms with Crippen molar-refractivity contribution in [2.45, 2.75) is 63.9 Å². The highest BCUT2D eigenvalue weighted by molar-refractivity contribution is 6.23. The van der Waals surface area contributed by atoms with E-state index in [1.54, 1.807) is 6.07 Å². The first-order valence-electron chi connectivity index (χ1n) is 12.8. The van der Waals surface area contributed by atoms with Crippen LogP contribution in [0.4, 0.5) is 5.69 Å². The Kier molecular flexibility index (Phi) is 6.67. The Labute approximate surface area is 195 Å². The number of hydrogen-bond acceptors (Lipinski definition) is 5. The quantitative estimate of drug-likeness (QED) is 0.668. The number of nitrogens with zero attached hydrogens (tertiary/aromatic N) is 2. The van der Waals surface area contributed by atoms with Crippen LogP contribution >= 0.6 is 0 Å². The monoisotopic (exact) mass is 453 g/mol. The smallest absolute Gasteiger partial charge is 0.263 e. The van der Waals surface area contributed by atoms with Crippen molar-refractivity contribution in [3.8, 4) is 0 Å². The van der Waals surface area contributed by atoms with Gasteiger partial charge in [-0.2, -0.15) is 0 Å². The topological polar surface area (TPSA) is 79.0 Å². The molecular weight excluding hydrogens is 418 g/mol. The van der Waals surface area contributed by atoms with Crippen LogP contribution in [0.25, 0.3) is 0 Å². The molecule has 0 spiro atoms. The molecule has 1 atom stereocenters. The van der Waals surface area contributed by atoms with Crippen LogP contribution in [-0.2, 0) is 9.53 Å². The summed E-state index contributed by atoms with van der Waals surface area (Å²) in [6.45, 7) is 3.34. The van der Waals surface area contributed by atoms with Gasteiger partial charge in [-0.1, -0.05) is 25.3 Å². The van der Waals surface area contributed by atoms with Gasteiger partial charge in [-0.25, -0.2) is 0 Å². The lowest BCUT2D eigenvalue weighted by Gasteiger charge is -2.34. The third-order valence-electron chi connectivity index (χ3n) is 7.88. The molecule has 3 heterocycles. The highest BCUT2D eigenvalue weighted by Gasteiger charge is 2.40. The van der Waals surface area contributed by atoms with Crippen molar-refractivity contribution in [3.63, 3.8) is 0 Å². The van der Waals surface area contributed by atoms with Crippen LogP contribution < -0.4 is 10.2 Å². The molecule has 1 aromatic carbocycles. The molecule has 178 valence electrons. The zero-order valence-electron chi connectivity index (χ0n) is 19.4. The SMILES string of the molecule is O=C(NC[C@H]1CCCO1)C1CCN(c2cccc3c2C(=O)N(CC2CCCCC2)C3=O)CC1. The van der Waals surface area contributed by atoms with Crippen LogP contribution in [0.3, 0.4) is 0 Å². The fraction of sp³-hybridized carbons (Fsp3) is 0.654. The van der Waals surface area contributed by atoms with Crippen LogP contribution in [0.15, 0.2) is 18.2 Å². The van der Waals surface area contributed by atoms with Crippen molar-refractivity contribution < 1.29 is 19.1 Å². The molecule has 3 fully saturated rings. The lowest BCUT2D eigenvalue weighted by molar-refractivity contribution is -0.126. The third-order valence-corrected chi connectivity index (χ3v) is 7.88. The van der Waals surface area contributed by atoms with Gasteiger partial charge >= 0.3 is 0 Å². The molecule has 0 bridgehead atoms. The summed E-state index contributed by atoms with van der Waals surface area (Å²) >= 11 is 0. The van der Waals surface area contributed by atoms with Crippen molar-refractivity contribution >= 4 is 23.4 Å². The van der Waals surface area contributed by atoms with Crippen LogP contribution in [0.5, 0.6) is 0 Å². The lowest BCUT2D eigenvalue weighted by Crippen LogP contribution is -2.42. The van der Waals surface area contributed by atoms with E-state index in [-0.39, 0.29) is 29.7 Å². The minimum absolute atomic E-state index is 0.0143. The van der Waals surface area contributed by atoms with E-state index in [0.29, 0.717) is 43.2 Å². The predicted octanol–water partition coefficient (Wildman–Crippen LogP) is 3.37. The van der Waals surface area contributed by atoms with E-state index < -0.39 is 0 Å². The molecule has 2 saturated heterocycles. The minimum atomic E-state index is -0.147. The molecule has 3 amide bonds. The number of imide groups is 1. The Hall–Kier alpha value is -2.41. The van der Waals surface area contributed by atoms with E-state index in [9.17, 15) is 14.4 Å². The Bertz CT molecular complexity index is 897. The minimum Gasteiger partial charge on any atom is -0.376 e. The lowest BCUT2D eigenvalue weighted by atomic mass is 9.89. The molecule has 0 aromatic heterocycles. The highest BCUT2D eigenvalue weighted by atomic mass is 16.5. The van der Waals surface area contributed by atoms with Crippen molar-refractivity contribution in [2.24, 2.45) is 11.8 Å². The number of nitrogens with one attached hydrogen (secondary N) is 1. The standard InChI is InChI=1S/C26H35N3O4/c30-24(27-16-20-8-5-15-33-20)19-11-13-28(14-12-19)22-10-4-9-21-23(22)26(32)29(25(21)31)17-18-6-2-1-3-7-18/h4,9-10,18-20H,1-3,5-8,11-17H2,(H,27,30)/t20-/m1/s1. The van der Waals surface area contributed by atoms with E-state index in [1.165, 1.54) is 24.2 Å². The molecule has 7 heteroatoms. The van der Waals surface area contributed by atoms with Crippen molar-refractivity contribution in [3.05, 3.63) is 29.3 Å². The second kappa shape index (κ2) is 9.84. The number of ether oxygens (including phenoxy) is 1. The molecule has 1 saturated carbocycles. The molecule has 33 heavy (non-hydrogen) atoms. The number of fused-ring (bicyclic) bond motifs is 1. The zero-order valence-corrected chi connectivity index (χ0v) is 19.4. The fourth-order valence-corrected chi connectivity index (χ4v) is 5.92. The number of carbonyl (C=O) groups excluding carboxylic acids is 3. The van der Waals surface area contributed by atoms with Gasteiger partial charge in [0.25, 0.3) is 11.8 Å². The van der Waals surface area contributed by atoms with Gasteiger partial charge in [0.2, 0.25) is 5.91 Å². The second-order valence-corrected chi connectivity index (χ2v) is 10.1. The Morgan fingerprint density at radius 1 is 0.970 bits per heavy atom. The van der Waals surface area contributed by atoms with E-state index in [4.69, 9.17) is 4.74 Å². The van der Waals surface area contributed by atoms with Gasteiger partial charge in [0.15, 0.2) is 0 Å². The van der Waals surface area contributed by atoms with Crippen molar-refractivity contribution in [2.75, 3.05) is 37.7 Å². The average molecular weight is 454 g/mol. The van der Waals surface area contributed by atoms with Crippen LogP contribution in [-0.4, -0.2) is 61.5 Å². The van der Waals surface area contributed by atoms with E-state index in [1.807, 2.05) is 12.1 Å². The van der Waals surface area contributed by atoms with Crippen LogP contribution in [0, 0.1) is 11.8 Å². The number of piperidine rings is 1. The molecule has 0 radical (unpaired) electrons. The van der Waals surface area contributed by atoms with Gasteiger partial charge in [-0.3, -0.25) is 19.3 Å². The predicted molar refractivity (Wildman–Crippen MR) is 125 cm³/mol. The summed E-state index contributed by atoms with van der Waals surface area (Å²) in [6.07, 6.45) is 9.56. The first-order valence-corrected chi connectivity index (χ1v) is 12.8. The summed E-state index contributed by atoms with van der Waals surface area (Å²) in [5.74, 6) is 0.222. The largest absolute Gasteiger partial charge is 0.376 e. The summed E-state index contributed by atoms with van der Waals surface area (Å²) in [4.78, 5) is 42.7. The van der Waals surface area contributed by atoms with Crippen LogP contribution in [0.2, 0.25) is 0 Å². The van der Waals surface area contributed by atoms with Gasteiger partial charge in [-0.15, -0.1) is 0 Å². The Morgan fingerprint density at radius 3 is 2.48 bits per heavy atom. The van der Waals surface area contributed by atoms with Gasteiger partial charge < -0.3 is 15.0 Å². The number of rotatable bonds is 6. The zero-order chi connectivity index (χ0) is 22.8. The summed E-state index contributed by atoms with van der Waals surface area (Å²) in [5, 5.41) is 3.06. The van der Waals surface area contributed by atoms with Gasteiger partial charge in [0.1, 0.15) is 0 Å². The first-order chi connectivity index (χ1) is 16.1. The number of benzene rings is 1. The first kappa shape index (κ1) is 22.4. The van der Waals surface area contributed by atoms with E-state index in [2.05, 4.69) is 10.2 Å². The molecule has 1 aliphatic carbocycles. The van der Waals surface area contributed by atoms with Gasteiger partial charge in [0.05, 0.1) is 22.9 Å². The van der Waals surface area contributed by atoms with Crippen molar-refractivity contribution in [1.29, 1.82) is 0 Å². The van der Waals surface area contributed by atoms with Gasteiger partial charge in [0, 0.05) is 38.7 Å². The Balaban J connectivity index is 1.22. The molecule has 5 rings (SSSR count). The molecule has 4 aliphatic rings. The summed E-state index contributed by atoms with van der Waals surface area (Å²) in [6, 6.07) is 5.61. The maximum Gasteiger partial charge on any atom is 0.263 e. The molecule has 7 nitrogen and oxygen atoms in total. The number of carbonyl (C=O) groups is 3. The van der Waals surface area contributed by atoms with E-state index in [0.717, 1.165) is 50.8 Å². The molecule has 1 N–H and O–H groups in total. The fourth-order valence-electron chi connectivity index (χ4n) is 5.92. The Morgan fingerprint density at radius 2 is 1.76 bits per heavy atom. The summed E-state index contributed by atoms with van der Waals surface area (Å²) in [7, 11) is 0. The number of anilines is 1. The third kappa shape index (κ3) is 4.65. The van der Waals surface area contributed by atoms with E-state index >= 15 is 0 Å². The number of amides is 3. The molecule has 3 aliphatic heterocycles. The summed E-state index contributed by atoms with van der Waals surface area (Å²) < 4.78 is 5.60. The van der Waals surface area contributed by atoms with Gasteiger partial charge in [-0.05, 0) is 56.6 Å². The second-order valence-electron chi connectivity index (χ2n) is 10.1. The maximum atomic E-state index is 13.3. The van der Waals surface area contributed by atoms with Crippen molar-refractivity contribution in [1.82, 2.24) is 10.2 Å². The molecule has 0 unspecified atom stereocenters. The molecule has 1 aromatic rings. The maximum absolute atomic E-state index is 13.3.